The number of nitrogens with zero attached hydrogens (tertiary/aromatic N) is 3. The molecule has 28 heavy (non-hydrogen) atoms. The summed E-state index contributed by atoms with van der Waals surface area (Å²) in [6.07, 6.45) is 3.10. The van der Waals surface area contributed by atoms with Crippen LogP contribution >= 0.6 is 0 Å². The van der Waals surface area contributed by atoms with Crippen LogP contribution in [0.5, 0.6) is 5.75 Å². The van der Waals surface area contributed by atoms with E-state index in [0.717, 1.165) is 71.3 Å². The van der Waals surface area contributed by atoms with Crippen LogP contribution in [0.25, 0.3) is 23.7 Å². The average molecular weight is 377 g/mol. The number of hydrogen-bond acceptors (Lipinski definition) is 4. The van der Waals surface area contributed by atoms with Crippen LogP contribution in [0.15, 0.2) is 36.4 Å². The summed E-state index contributed by atoms with van der Waals surface area (Å²) in [5, 5.41) is 1.97. The number of rotatable bonds is 5. The van der Waals surface area contributed by atoms with Gasteiger partial charge in [0, 0.05) is 42.7 Å². The average Bonchev–Trinajstić information content (AvgIpc) is 3.14. The summed E-state index contributed by atoms with van der Waals surface area (Å²) in [7, 11) is 2.16. The molecule has 1 aliphatic heterocycles. The van der Waals surface area contributed by atoms with Crippen LogP contribution in [0.3, 0.4) is 0 Å². The molecule has 0 bridgehead atoms. The molecule has 3 aromatic rings. The molecule has 1 saturated heterocycles. The molecule has 4 rings (SSSR count). The maximum absolute atomic E-state index is 6.19. The zero-order chi connectivity index (χ0) is 19.5. The first-order valence-electron chi connectivity index (χ1n) is 9.97. The van der Waals surface area contributed by atoms with Gasteiger partial charge in [-0.15, -0.1) is 0 Å². The number of piperazine rings is 1. The lowest BCUT2D eigenvalue weighted by atomic mass is 10.1. The molecule has 1 N–H and O–H groups in total. The second-order valence-electron chi connectivity index (χ2n) is 7.40. The van der Waals surface area contributed by atoms with Crippen molar-refractivity contribution in [2.45, 2.75) is 20.0 Å². The van der Waals surface area contributed by atoms with Gasteiger partial charge < -0.3 is 19.5 Å². The Kier molecular flexibility index (Phi) is 5.35. The molecule has 1 aliphatic rings. The van der Waals surface area contributed by atoms with Crippen molar-refractivity contribution in [3.05, 3.63) is 52.4 Å². The Morgan fingerprint density at radius 2 is 1.93 bits per heavy atom. The summed E-state index contributed by atoms with van der Waals surface area (Å²) in [6, 6.07) is 12.3. The molecule has 1 aromatic heterocycles. The van der Waals surface area contributed by atoms with E-state index in [2.05, 4.69) is 59.6 Å². The fourth-order valence-corrected chi connectivity index (χ4v) is 3.64. The monoisotopic (exact) mass is 376 g/mol. The Labute approximate surface area is 165 Å². The molecule has 0 amide bonds. The predicted octanol–water partition coefficient (Wildman–Crippen LogP) is 2.49. The minimum absolute atomic E-state index is 0.537. The van der Waals surface area contributed by atoms with E-state index in [0.29, 0.717) is 6.61 Å². The number of aromatic nitrogens is 2. The lowest BCUT2D eigenvalue weighted by Crippen LogP contribution is -2.44. The van der Waals surface area contributed by atoms with Crippen molar-refractivity contribution in [2.24, 2.45) is 0 Å². The Hall–Kier alpha value is -2.79. The van der Waals surface area contributed by atoms with Gasteiger partial charge >= 0.3 is 0 Å². The second-order valence-corrected chi connectivity index (χ2v) is 7.40. The Morgan fingerprint density at radius 3 is 2.64 bits per heavy atom. The van der Waals surface area contributed by atoms with Crippen molar-refractivity contribution < 1.29 is 4.74 Å². The van der Waals surface area contributed by atoms with Crippen LogP contribution in [-0.4, -0.2) is 48.1 Å². The summed E-state index contributed by atoms with van der Waals surface area (Å²) in [5.41, 5.74) is 3.06. The van der Waals surface area contributed by atoms with Crippen LogP contribution in [0, 0.1) is 0 Å². The van der Waals surface area contributed by atoms with Gasteiger partial charge in [-0.1, -0.05) is 49.9 Å². The van der Waals surface area contributed by atoms with Gasteiger partial charge in [-0.2, -0.15) is 0 Å². The highest BCUT2D eigenvalue weighted by Gasteiger charge is 2.18. The van der Waals surface area contributed by atoms with E-state index in [1.54, 1.807) is 0 Å². The Bertz CT molecular complexity index is 1050. The fraction of sp³-hybridized carbons (Fsp3) is 0.348. The molecule has 146 valence electrons. The van der Waals surface area contributed by atoms with E-state index in [4.69, 9.17) is 9.72 Å². The third-order valence-electron chi connectivity index (χ3n) is 5.32. The molecule has 2 aromatic carbocycles. The number of ether oxygens (including phenoxy) is 1. The van der Waals surface area contributed by atoms with E-state index in [1.165, 1.54) is 0 Å². The predicted molar refractivity (Wildman–Crippen MR) is 116 cm³/mol. The van der Waals surface area contributed by atoms with E-state index >= 15 is 0 Å². The maximum Gasteiger partial charge on any atom is 0.203 e. The number of benzene rings is 2. The lowest BCUT2D eigenvalue weighted by molar-refractivity contribution is 0.304. The zero-order valence-electron chi connectivity index (χ0n) is 16.7. The van der Waals surface area contributed by atoms with Crippen molar-refractivity contribution >= 4 is 29.6 Å². The fourth-order valence-electron chi connectivity index (χ4n) is 3.64. The maximum atomic E-state index is 6.19. The van der Waals surface area contributed by atoms with Crippen LogP contribution in [0.2, 0.25) is 0 Å². The van der Waals surface area contributed by atoms with Crippen LogP contribution in [0.1, 0.15) is 18.9 Å². The van der Waals surface area contributed by atoms with Crippen molar-refractivity contribution in [1.29, 1.82) is 0 Å². The number of hydrogen-bond donors (Lipinski definition) is 1. The number of H-pyrrole nitrogens is 1. The number of likely N-dealkylation sites (N-methyl/N-ethyl adjacent to an activating group) is 1. The lowest BCUT2D eigenvalue weighted by Gasteiger charge is -2.32. The minimum atomic E-state index is 0.537. The first-order chi connectivity index (χ1) is 13.7. The molecule has 0 aliphatic carbocycles. The standard InChI is InChI=1S/C23H28N4O/c1-4-8-19-17(2)22-20(15-21(19)28-16-18-9-6-5-7-10-18)24-23(25-22)27-13-11-26(3)12-14-27/h5-10,15H,2,4,11-14,16H2,1,3H3,(H,24,25). The molecule has 0 unspecified atom stereocenters. The second kappa shape index (κ2) is 8.07. The third-order valence-corrected chi connectivity index (χ3v) is 5.32. The largest absolute Gasteiger partial charge is 0.488 e. The van der Waals surface area contributed by atoms with Gasteiger partial charge in [-0.05, 0) is 19.0 Å². The highest BCUT2D eigenvalue weighted by molar-refractivity contribution is 5.80. The van der Waals surface area contributed by atoms with Gasteiger partial charge in [0.1, 0.15) is 12.4 Å². The third kappa shape index (κ3) is 3.76. The van der Waals surface area contributed by atoms with E-state index < -0.39 is 0 Å². The SMILES string of the molecule is C=c1c(=CCC)c(OCc2ccccc2)cc2[nH]c(N3CCN(C)CC3)nc12. The summed E-state index contributed by atoms with van der Waals surface area (Å²) >= 11 is 0. The number of imidazole rings is 1. The van der Waals surface area contributed by atoms with Gasteiger partial charge in [-0.3, -0.25) is 0 Å². The van der Waals surface area contributed by atoms with Crippen LogP contribution < -0.4 is 20.1 Å². The normalized spacial score (nSPS) is 16.1. The van der Waals surface area contributed by atoms with Crippen molar-refractivity contribution in [3.8, 4) is 5.75 Å². The number of anilines is 1. The molecule has 0 atom stereocenters. The minimum Gasteiger partial charge on any atom is -0.488 e. The van der Waals surface area contributed by atoms with E-state index in [9.17, 15) is 0 Å². The highest BCUT2D eigenvalue weighted by Crippen LogP contribution is 2.19. The topological polar surface area (TPSA) is 44.4 Å². The molecule has 5 nitrogen and oxygen atoms in total. The molecule has 2 heterocycles. The first kappa shape index (κ1) is 18.6. The van der Waals surface area contributed by atoms with Crippen molar-refractivity contribution in [1.82, 2.24) is 14.9 Å². The van der Waals surface area contributed by atoms with Gasteiger partial charge in [0.2, 0.25) is 5.95 Å². The van der Waals surface area contributed by atoms with Gasteiger partial charge in [-0.25, -0.2) is 4.98 Å². The Balaban J connectivity index is 1.69. The molecule has 5 heteroatoms. The number of fused-ring (bicyclic) bond motifs is 1. The molecule has 0 saturated carbocycles. The summed E-state index contributed by atoms with van der Waals surface area (Å²) in [5.74, 6) is 1.78. The number of aromatic amines is 1. The summed E-state index contributed by atoms with van der Waals surface area (Å²) in [6.45, 7) is 11.1. The number of nitrogens with one attached hydrogen (secondary N) is 1. The van der Waals surface area contributed by atoms with Crippen LogP contribution in [0.4, 0.5) is 5.95 Å². The molecule has 0 spiro atoms. The van der Waals surface area contributed by atoms with E-state index in [1.807, 2.05) is 18.2 Å². The van der Waals surface area contributed by atoms with Crippen molar-refractivity contribution in [3.63, 3.8) is 0 Å². The molecule has 0 radical (unpaired) electrons. The smallest absolute Gasteiger partial charge is 0.203 e. The van der Waals surface area contributed by atoms with Gasteiger partial charge in [0.15, 0.2) is 0 Å². The highest BCUT2D eigenvalue weighted by atomic mass is 16.5. The zero-order valence-corrected chi connectivity index (χ0v) is 16.7. The molecule has 1 fully saturated rings. The Morgan fingerprint density at radius 1 is 1.18 bits per heavy atom. The van der Waals surface area contributed by atoms with Crippen molar-refractivity contribution in [2.75, 3.05) is 38.1 Å². The molecular formula is C23H28N4O. The summed E-state index contributed by atoms with van der Waals surface area (Å²) < 4.78 is 6.19. The van der Waals surface area contributed by atoms with E-state index in [-0.39, 0.29) is 0 Å². The first-order valence-corrected chi connectivity index (χ1v) is 9.97. The summed E-state index contributed by atoms with van der Waals surface area (Å²) in [4.78, 5) is 13.0. The quantitative estimate of drug-likeness (QED) is 0.743. The molecular weight excluding hydrogens is 348 g/mol. The van der Waals surface area contributed by atoms with Gasteiger partial charge in [0.05, 0.1) is 11.0 Å². The van der Waals surface area contributed by atoms with Crippen LogP contribution in [-0.2, 0) is 6.61 Å². The van der Waals surface area contributed by atoms with Gasteiger partial charge in [0.25, 0.3) is 0 Å².